The maximum atomic E-state index is 4.50. The molecular weight excluding hydrogens is 364 g/mol. The molecule has 1 aliphatic rings. The van der Waals surface area contributed by atoms with Gasteiger partial charge in [0, 0.05) is 43.0 Å². The van der Waals surface area contributed by atoms with Crippen molar-refractivity contribution in [2.45, 2.75) is 0 Å². The van der Waals surface area contributed by atoms with Crippen molar-refractivity contribution in [3.63, 3.8) is 0 Å². The number of aromatic nitrogens is 6. The van der Waals surface area contributed by atoms with Crippen LogP contribution in [-0.4, -0.2) is 68.9 Å². The molecule has 0 saturated carbocycles. The van der Waals surface area contributed by atoms with Crippen LogP contribution in [0.25, 0.3) is 33.9 Å². The molecule has 0 bridgehead atoms. The number of H-pyrrole nitrogens is 2. The van der Waals surface area contributed by atoms with Crippen molar-refractivity contribution in [1.29, 1.82) is 0 Å². The van der Waals surface area contributed by atoms with Crippen molar-refractivity contribution >= 4 is 5.69 Å². The quantitative estimate of drug-likeness (QED) is 0.561. The number of nitrogens with zero attached hydrogens (tertiary/aromatic N) is 6. The van der Waals surface area contributed by atoms with Gasteiger partial charge in [0.15, 0.2) is 0 Å². The molecule has 8 nitrogen and oxygen atoms in total. The molecule has 2 aromatic carbocycles. The summed E-state index contributed by atoms with van der Waals surface area (Å²) in [6.07, 6.45) is 0. The highest BCUT2D eigenvalue weighted by Crippen LogP contribution is 2.27. The number of likely N-dealkylation sites (N-methyl/N-ethyl adjacent to an activating group) is 1. The van der Waals surface area contributed by atoms with E-state index in [1.807, 2.05) is 24.3 Å². The first-order valence-corrected chi connectivity index (χ1v) is 9.70. The molecule has 0 spiro atoms. The van der Waals surface area contributed by atoms with Crippen LogP contribution in [0.5, 0.6) is 0 Å². The zero-order chi connectivity index (χ0) is 19.6. The van der Waals surface area contributed by atoms with E-state index in [0.29, 0.717) is 5.82 Å². The van der Waals surface area contributed by atoms with E-state index >= 15 is 0 Å². The highest BCUT2D eigenvalue weighted by molar-refractivity contribution is 5.71. The molecule has 0 aliphatic carbocycles. The average Bonchev–Trinajstić information content (AvgIpc) is 3.47. The van der Waals surface area contributed by atoms with E-state index in [9.17, 15) is 0 Å². The van der Waals surface area contributed by atoms with Gasteiger partial charge in [0.05, 0.1) is 11.4 Å². The summed E-state index contributed by atoms with van der Waals surface area (Å²) in [7, 11) is 2.17. The fourth-order valence-electron chi connectivity index (χ4n) is 3.61. The number of anilines is 1. The van der Waals surface area contributed by atoms with Gasteiger partial charge in [-0.05, 0) is 36.0 Å². The lowest BCUT2D eigenvalue weighted by atomic mass is 10.1. The van der Waals surface area contributed by atoms with Crippen LogP contribution in [0.15, 0.2) is 54.6 Å². The van der Waals surface area contributed by atoms with Crippen molar-refractivity contribution < 1.29 is 0 Å². The molecule has 1 fully saturated rings. The lowest BCUT2D eigenvalue weighted by molar-refractivity contribution is 0.313. The number of hydrogen-bond donors (Lipinski definition) is 2. The van der Waals surface area contributed by atoms with Gasteiger partial charge in [-0.15, -0.1) is 10.2 Å². The minimum Gasteiger partial charge on any atom is -0.369 e. The lowest BCUT2D eigenvalue weighted by Crippen LogP contribution is -2.44. The number of tetrazole rings is 1. The third kappa shape index (κ3) is 3.62. The summed E-state index contributed by atoms with van der Waals surface area (Å²) in [5.41, 5.74) is 6.27. The molecule has 1 aliphatic heterocycles. The van der Waals surface area contributed by atoms with E-state index in [-0.39, 0.29) is 0 Å². The first-order chi connectivity index (χ1) is 14.3. The van der Waals surface area contributed by atoms with Crippen molar-refractivity contribution in [2.75, 3.05) is 38.1 Å². The minimum absolute atomic E-state index is 0.585. The number of benzene rings is 2. The molecule has 0 atom stereocenters. The number of rotatable bonds is 4. The Kier molecular flexibility index (Phi) is 4.53. The predicted molar refractivity (Wildman–Crippen MR) is 112 cm³/mol. The fraction of sp³-hybridized carbons (Fsp3) is 0.238. The Balaban J connectivity index is 1.32. The Hall–Kier alpha value is -3.52. The van der Waals surface area contributed by atoms with Gasteiger partial charge in [-0.1, -0.05) is 36.4 Å². The molecule has 0 amide bonds. The summed E-state index contributed by atoms with van der Waals surface area (Å²) in [4.78, 5) is 4.80. The second kappa shape index (κ2) is 7.48. The Morgan fingerprint density at radius 3 is 2.17 bits per heavy atom. The number of piperazine rings is 1. The molecule has 2 aromatic heterocycles. The summed E-state index contributed by atoms with van der Waals surface area (Å²) in [6, 6.07) is 18.8. The van der Waals surface area contributed by atoms with Gasteiger partial charge in [0.25, 0.3) is 0 Å². The van der Waals surface area contributed by atoms with E-state index in [4.69, 9.17) is 0 Å². The Bertz CT molecular complexity index is 1060. The smallest absolute Gasteiger partial charge is 0.204 e. The van der Waals surface area contributed by atoms with Crippen molar-refractivity contribution in [1.82, 2.24) is 35.7 Å². The standard InChI is InChI=1S/C21H22N8/c1-28-10-12-29(13-11-28)18-8-6-16(7-9-18)20-14-19(22-23-20)15-2-4-17(5-3-15)21-24-26-27-25-21/h2-9,14H,10-13H2,1H3,(H,22,23)(H,24,25,26,27). The van der Waals surface area contributed by atoms with Gasteiger partial charge in [-0.3, -0.25) is 5.10 Å². The highest BCUT2D eigenvalue weighted by atomic mass is 15.5. The number of hydrogen-bond acceptors (Lipinski definition) is 6. The van der Waals surface area contributed by atoms with Crippen LogP contribution >= 0.6 is 0 Å². The number of aromatic amines is 2. The van der Waals surface area contributed by atoms with Crippen LogP contribution < -0.4 is 4.90 Å². The molecule has 0 unspecified atom stereocenters. The maximum absolute atomic E-state index is 4.50. The number of nitrogens with one attached hydrogen (secondary N) is 2. The van der Waals surface area contributed by atoms with Crippen molar-refractivity contribution in [3.8, 4) is 33.9 Å². The van der Waals surface area contributed by atoms with Crippen LogP contribution in [0.4, 0.5) is 5.69 Å². The van der Waals surface area contributed by atoms with E-state index in [0.717, 1.165) is 54.3 Å². The third-order valence-electron chi connectivity index (χ3n) is 5.41. The Labute approximate surface area is 168 Å². The topological polar surface area (TPSA) is 89.6 Å². The molecular formula is C21H22N8. The van der Waals surface area contributed by atoms with Gasteiger partial charge in [-0.2, -0.15) is 10.3 Å². The maximum Gasteiger partial charge on any atom is 0.204 e. The molecule has 146 valence electrons. The molecule has 29 heavy (non-hydrogen) atoms. The fourth-order valence-corrected chi connectivity index (χ4v) is 3.61. The summed E-state index contributed by atoms with van der Waals surface area (Å²) < 4.78 is 0. The van der Waals surface area contributed by atoms with Gasteiger partial charge >= 0.3 is 0 Å². The zero-order valence-corrected chi connectivity index (χ0v) is 16.2. The summed E-state index contributed by atoms with van der Waals surface area (Å²) in [5, 5.41) is 21.7. The molecule has 5 rings (SSSR count). The highest BCUT2D eigenvalue weighted by Gasteiger charge is 2.14. The Morgan fingerprint density at radius 2 is 1.48 bits per heavy atom. The normalized spacial score (nSPS) is 15.0. The molecule has 3 heterocycles. The third-order valence-corrected chi connectivity index (χ3v) is 5.41. The predicted octanol–water partition coefficient (Wildman–Crippen LogP) is 2.68. The van der Waals surface area contributed by atoms with Crippen LogP contribution in [0.3, 0.4) is 0 Å². The lowest BCUT2D eigenvalue weighted by Gasteiger charge is -2.34. The van der Waals surface area contributed by atoms with E-state index in [2.05, 4.69) is 78.0 Å². The molecule has 1 saturated heterocycles. The SMILES string of the molecule is CN1CCN(c2ccc(-c3cc(-c4ccc(-c5nn[nH]n5)cc4)[nH]n3)cc2)CC1. The molecule has 2 N–H and O–H groups in total. The summed E-state index contributed by atoms with van der Waals surface area (Å²) in [6.45, 7) is 4.36. The summed E-state index contributed by atoms with van der Waals surface area (Å²) in [5.74, 6) is 0.585. The average molecular weight is 386 g/mol. The van der Waals surface area contributed by atoms with Crippen LogP contribution in [0.2, 0.25) is 0 Å². The van der Waals surface area contributed by atoms with Crippen molar-refractivity contribution in [2.24, 2.45) is 0 Å². The summed E-state index contributed by atoms with van der Waals surface area (Å²) >= 11 is 0. The van der Waals surface area contributed by atoms with Crippen LogP contribution in [0, 0.1) is 0 Å². The van der Waals surface area contributed by atoms with E-state index in [1.54, 1.807) is 0 Å². The molecule has 4 aromatic rings. The largest absolute Gasteiger partial charge is 0.369 e. The van der Waals surface area contributed by atoms with Gasteiger partial charge < -0.3 is 9.80 Å². The first-order valence-electron chi connectivity index (χ1n) is 9.70. The molecule has 0 radical (unpaired) electrons. The van der Waals surface area contributed by atoms with Gasteiger partial charge in [0.2, 0.25) is 5.82 Å². The van der Waals surface area contributed by atoms with E-state index in [1.165, 1.54) is 5.69 Å². The van der Waals surface area contributed by atoms with Crippen molar-refractivity contribution in [3.05, 3.63) is 54.6 Å². The first kappa shape index (κ1) is 17.6. The van der Waals surface area contributed by atoms with Crippen LogP contribution in [-0.2, 0) is 0 Å². The second-order valence-electron chi connectivity index (χ2n) is 7.32. The van der Waals surface area contributed by atoms with Gasteiger partial charge in [-0.25, -0.2) is 0 Å². The second-order valence-corrected chi connectivity index (χ2v) is 7.32. The molecule has 8 heteroatoms. The minimum atomic E-state index is 0.585. The van der Waals surface area contributed by atoms with E-state index < -0.39 is 0 Å². The Morgan fingerprint density at radius 1 is 0.793 bits per heavy atom. The monoisotopic (exact) mass is 386 g/mol. The zero-order valence-electron chi connectivity index (χ0n) is 16.2. The van der Waals surface area contributed by atoms with Crippen LogP contribution in [0.1, 0.15) is 0 Å². The van der Waals surface area contributed by atoms with Gasteiger partial charge in [0.1, 0.15) is 0 Å².